The normalized spacial score (nSPS) is 22.7. The zero-order valence-electron chi connectivity index (χ0n) is 40.0. The summed E-state index contributed by atoms with van der Waals surface area (Å²) in [5.41, 5.74) is 0.792. The Hall–Kier alpha value is -5.54. The molecule has 3 aliphatic rings. The van der Waals surface area contributed by atoms with E-state index in [1.165, 1.54) is 14.9 Å². The van der Waals surface area contributed by atoms with E-state index in [9.17, 15) is 9.59 Å². The predicted molar refractivity (Wildman–Crippen MR) is 270 cm³/mol. The highest BCUT2D eigenvalue weighted by molar-refractivity contribution is 7.45. The van der Waals surface area contributed by atoms with Gasteiger partial charge in [0.15, 0.2) is 6.23 Å². The maximum atomic E-state index is 14.0. The topological polar surface area (TPSA) is 132 Å². The minimum atomic E-state index is -2.31. The van der Waals surface area contributed by atoms with E-state index in [0.717, 1.165) is 42.1 Å². The third-order valence-corrected chi connectivity index (χ3v) is 20.1. The second-order valence-corrected chi connectivity index (χ2v) is 24.0. The Morgan fingerprint density at radius 3 is 1.88 bits per heavy atom. The van der Waals surface area contributed by atoms with Crippen molar-refractivity contribution in [3.05, 3.63) is 179 Å². The van der Waals surface area contributed by atoms with Gasteiger partial charge in [-0.25, -0.2) is 9.46 Å². The second kappa shape index (κ2) is 21.2. The fourth-order valence-corrected chi connectivity index (χ4v) is 16.0. The predicted octanol–water partition coefficient (Wildman–Crippen LogP) is 8.14. The van der Waals surface area contributed by atoms with E-state index < -0.39 is 52.4 Å². The van der Waals surface area contributed by atoms with Crippen molar-refractivity contribution in [3.8, 4) is 11.5 Å². The minimum Gasteiger partial charge on any atom is -0.497 e. The molecule has 4 heterocycles. The van der Waals surface area contributed by atoms with Crippen LogP contribution in [0.1, 0.15) is 49.6 Å². The van der Waals surface area contributed by atoms with Crippen LogP contribution in [0.15, 0.2) is 157 Å². The van der Waals surface area contributed by atoms with E-state index in [1.54, 1.807) is 47.4 Å². The Labute approximate surface area is 406 Å². The number of rotatable bonds is 18. The molecule has 0 saturated carbocycles. The third-order valence-electron chi connectivity index (χ3n) is 13.9. The Balaban J connectivity index is 1.09. The highest BCUT2D eigenvalue weighted by Crippen LogP contribution is 2.59. The number of carbonyl (C=O) groups excluding carboxylic acids is 1. The lowest BCUT2D eigenvalue weighted by Crippen LogP contribution is -2.58. The molecule has 0 bridgehead atoms. The first-order chi connectivity index (χ1) is 33.6. The van der Waals surface area contributed by atoms with Gasteiger partial charge in [0.1, 0.15) is 49.3 Å². The summed E-state index contributed by atoms with van der Waals surface area (Å²) in [5, 5.41) is 5.45. The molecule has 1 amide bonds. The lowest BCUT2D eigenvalue weighted by atomic mass is 9.80. The van der Waals surface area contributed by atoms with Crippen molar-refractivity contribution >= 4 is 38.7 Å². The van der Waals surface area contributed by atoms with Crippen molar-refractivity contribution in [2.45, 2.75) is 81.6 Å². The van der Waals surface area contributed by atoms with Crippen LogP contribution in [0.25, 0.3) is 0 Å². The standard InChI is InChI=1S/C54H61N4O9PSi/c1-37(2)51(59)55-48-32-34-57(53(60)56-48)52-50(63-5)49(67-68-58-33-16-23-45(58)47(66-68)36-69(6,43-19-12-8-13-20-43)44-21-14-9-15-22-44)46(65-52)35-64-54(38-17-10-7-11-18-38,39-24-28-41(61-3)29-25-39)40-26-30-42(62-4)31-27-40/h7-15,17-22,24-32,34,37,45-47,49-50,52H,16,23,33,35-36H2,1-6H3,(H,55,56,59,60)/t45-,46+,47+,49-,50?,52+,68-/m0/s1. The van der Waals surface area contributed by atoms with Crippen LogP contribution < -0.4 is 30.9 Å². The van der Waals surface area contributed by atoms with Gasteiger partial charge in [0.2, 0.25) is 5.91 Å². The number of benzene rings is 5. The molecule has 0 radical (unpaired) electrons. The van der Waals surface area contributed by atoms with Gasteiger partial charge in [-0.2, -0.15) is 4.98 Å². The number of fused-ring (bicyclic) bond motifs is 1. The number of amides is 1. The van der Waals surface area contributed by atoms with Gasteiger partial charge in [-0.3, -0.25) is 9.36 Å². The fraction of sp³-hybridized carbons (Fsp3) is 0.352. The summed E-state index contributed by atoms with van der Waals surface area (Å²) in [7, 11) is 0.950. The van der Waals surface area contributed by atoms with Gasteiger partial charge in [0.05, 0.1) is 26.9 Å². The van der Waals surface area contributed by atoms with Crippen LogP contribution in [-0.2, 0) is 33.7 Å². The molecule has 1 N–H and O–H groups in total. The number of carbonyl (C=O) groups is 1. The molecular weight excluding hydrogens is 908 g/mol. The molecule has 69 heavy (non-hydrogen) atoms. The molecular formula is C54H61N4O9PSi. The van der Waals surface area contributed by atoms with Crippen molar-refractivity contribution in [2.24, 2.45) is 5.92 Å². The monoisotopic (exact) mass is 968 g/mol. The van der Waals surface area contributed by atoms with E-state index >= 15 is 0 Å². The van der Waals surface area contributed by atoms with Crippen LogP contribution in [0.3, 0.4) is 0 Å². The van der Waals surface area contributed by atoms with E-state index in [4.69, 9.17) is 32.7 Å². The molecule has 360 valence electrons. The molecule has 1 unspecified atom stereocenters. The Morgan fingerprint density at radius 1 is 0.783 bits per heavy atom. The molecule has 1 aromatic heterocycles. The highest BCUT2D eigenvalue weighted by Gasteiger charge is 2.55. The third kappa shape index (κ3) is 9.82. The van der Waals surface area contributed by atoms with Crippen LogP contribution in [0.2, 0.25) is 12.6 Å². The SMILES string of the molecule is COc1ccc(C(OC[C@H]2O[C@@H](n3ccc(NC(=O)C(C)C)nc3=O)C(OC)[C@H]2O[P@]2O[C@H](C[Si](C)(c3ccccc3)c3ccccc3)[C@@H]3CCCN32)(c2ccccc2)c2ccc(OC)cc2)cc1. The van der Waals surface area contributed by atoms with Gasteiger partial charge in [-0.15, -0.1) is 0 Å². The molecule has 9 rings (SSSR count). The summed E-state index contributed by atoms with van der Waals surface area (Å²) >= 11 is 0. The average molecular weight is 969 g/mol. The summed E-state index contributed by atoms with van der Waals surface area (Å²) in [6.45, 7) is 6.83. The lowest BCUT2D eigenvalue weighted by molar-refractivity contribution is -0.118. The Bertz CT molecular complexity index is 2610. The summed E-state index contributed by atoms with van der Waals surface area (Å²) < 4.78 is 50.3. The van der Waals surface area contributed by atoms with Gasteiger partial charge >= 0.3 is 5.69 Å². The first-order valence-electron chi connectivity index (χ1n) is 23.6. The van der Waals surface area contributed by atoms with Gasteiger partial charge in [0.25, 0.3) is 8.53 Å². The van der Waals surface area contributed by atoms with Crippen LogP contribution in [0.5, 0.6) is 11.5 Å². The average Bonchev–Trinajstić information content (AvgIpc) is 4.10. The molecule has 3 fully saturated rings. The molecule has 13 nitrogen and oxygen atoms in total. The number of aromatic nitrogens is 2. The number of hydrogen-bond acceptors (Lipinski definition) is 11. The van der Waals surface area contributed by atoms with Crippen molar-refractivity contribution < 1.29 is 37.5 Å². The van der Waals surface area contributed by atoms with E-state index in [1.807, 2.05) is 66.7 Å². The van der Waals surface area contributed by atoms with Crippen LogP contribution in [0, 0.1) is 5.92 Å². The van der Waals surface area contributed by atoms with Crippen molar-refractivity contribution in [3.63, 3.8) is 0 Å². The fourth-order valence-electron chi connectivity index (χ4n) is 10.1. The molecule has 6 aromatic rings. The zero-order chi connectivity index (χ0) is 48.1. The maximum Gasteiger partial charge on any atom is 0.351 e. The smallest absolute Gasteiger partial charge is 0.351 e. The summed E-state index contributed by atoms with van der Waals surface area (Å²) in [4.78, 5) is 30.8. The molecule has 3 saturated heterocycles. The highest BCUT2D eigenvalue weighted by atomic mass is 31.2. The van der Waals surface area contributed by atoms with E-state index in [2.05, 4.69) is 94.3 Å². The summed E-state index contributed by atoms with van der Waals surface area (Å²) in [6, 6.07) is 50.2. The number of nitrogens with zero attached hydrogens (tertiary/aromatic N) is 3. The van der Waals surface area contributed by atoms with Gasteiger partial charge in [-0.05, 0) is 65.9 Å². The Kier molecular flexibility index (Phi) is 14.9. The van der Waals surface area contributed by atoms with Crippen LogP contribution in [-0.4, -0.2) is 93.1 Å². The van der Waals surface area contributed by atoms with Gasteiger partial charge in [-0.1, -0.05) is 146 Å². The van der Waals surface area contributed by atoms with Crippen LogP contribution in [0.4, 0.5) is 5.82 Å². The first-order valence-corrected chi connectivity index (χ1v) is 27.5. The Morgan fingerprint density at radius 2 is 1.35 bits per heavy atom. The number of nitrogens with one attached hydrogen (secondary N) is 1. The van der Waals surface area contributed by atoms with Crippen molar-refractivity contribution in [1.82, 2.24) is 14.2 Å². The largest absolute Gasteiger partial charge is 0.497 e. The number of ether oxygens (including phenoxy) is 5. The number of hydrogen-bond donors (Lipinski definition) is 1. The molecule has 0 aliphatic carbocycles. The zero-order valence-corrected chi connectivity index (χ0v) is 41.9. The van der Waals surface area contributed by atoms with Gasteiger partial charge in [0, 0.05) is 31.8 Å². The van der Waals surface area contributed by atoms with E-state index in [0.29, 0.717) is 11.5 Å². The maximum absolute atomic E-state index is 14.0. The lowest BCUT2D eigenvalue weighted by Gasteiger charge is -2.37. The second-order valence-electron chi connectivity index (χ2n) is 18.3. The summed E-state index contributed by atoms with van der Waals surface area (Å²) in [6.07, 6.45) is 0.170. The molecule has 5 aromatic carbocycles. The van der Waals surface area contributed by atoms with Crippen molar-refractivity contribution in [2.75, 3.05) is 39.8 Å². The number of methoxy groups -OCH3 is 3. The van der Waals surface area contributed by atoms with Crippen molar-refractivity contribution in [1.29, 1.82) is 0 Å². The minimum absolute atomic E-state index is 0.00170. The molecule has 0 spiro atoms. The van der Waals surface area contributed by atoms with E-state index in [-0.39, 0.29) is 36.4 Å². The van der Waals surface area contributed by atoms with Gasteiger partial charge < -0.3 is 38.0 Å². The molecule has 15 heteroatoms. The molecule has 7 atom stereocenters. The first kappa shape index (κ1) is 48.5. The quantitative estimate of drug-likeness (QED) is 0.0509. The van der Waals surface area contributed by atoms with Crippen LogP contribution >= 0.6 is 8.53 Å². The number of anilines is 1. The molecule has 3 aliphatic heterocycles. The summed E-state index contributed by atoms with van der Waals surface area (Å²) in [5.74, 6) is 1.01.